The molecule has 1 saturated heterocycles. The van der Waals surface area contributed by atoms with Gasteiger partial charge >= 0.3 is 0 Å². The van der Waals surface area contributed by atoms with Gasteiger partial charge in [0.2, 0.25) is 5.91 Å². The van der Waals surface area contributed by atoms with Crippen LogP contribution in [-0.4, -0.2) is 31.2 Å². The molecule has 2 aliphatic rings. The second kappa shape index (κ2) is 6.20. The standard InChI is InChI=1S/C15H28N2O2.ClH/c1-5-15(6-2,9-16)13(18)17-11-10-7-8-19-12(10)14(11,3)4;/h10-12H,5-9,16H2,1-4H3,(H,17,18);1H. The lowest BCUT2D eigenvalue weighted by atomic mass is 9.57. The highest BCUT2D eigenvalue weighted by Crippen LogP contribution is 2.52. The number of nitrogens with one attached hydrogen (secondary N) is 1. The van der Waals surface area contributed by atoms with Crippen molar-refractivity contribution in [2.75, 3.05) is 13.2 Å². The van der Waals surface area contributed by atoms with Gasteiger partial charge in [0, 0.05) is 30.5 Å². The van der Waals surface area contributed by atoms with Crippen LogP contribution < -0.4 is 11.1 Å². The van der Waals surface area contributed by atoms with E-state index in [4.69, 9.17) is 10.5 Å². The Morgan fingerprint density at radius 1 is 1.40 bits per heavy atom. The molecule has 1 amide bonds. The van der Waals surface area contributed by atoms with E-state index >= 15 is 0 Å². The van der Waals surface area contributed by atoms with Crippen LogP contribution >= 0.6 is 12.4 Å². The summed E-state index contributed by atoms with van der Waals surface area (Å²) in [6, 6.07) is 0.233. The van der Waals surface area contributed by atoms with Crippen LogP contribution in [0.5, 0.6) is 0 Å². The molecule has 118 valence electrons. The molecule has 0 spiro atoms. The van der Waals surface area contributed by atoms with Gasteiger partial charge in [-0.15, -0.1) is 12.4 Å². The van der Waals surface area contributed by atoms with Crippen molar-refractivity contribution in [1.29, 1.82) is 0 Å². The van der Waals surface area contributed by atoms with E-state index < -0.39 is 5.41 Å². The fourth-order valence-corrected chi connectivity index (χ4v) is 3.86. The zero-order chi connectivity index (χ0) is 14.3. The zero-order valence-electron chi connectivity index (χ0n) is 13.1. The van der Waals surface area contributed by atoms with Gasteiger partial charge in [-0.3, -0.25) is 4.79 Å². The van der Waals surface area contributed by atoms with E-state index in [1.54, 1.807) is 0 Å². The average Bonchev–Trinajstić information content (AvgIpc) is 2.85. The SMILES string of the molecule is CCC(CC)(CN)C(=O)NC1C2CCOC2C1(C)C.Cl. The van der Waals surface area contributed by atoms with E-state index in [-0.39, 0.29) is 29.8 Å². The Morgan fingerprint density at radius 3 is 2.50 bits per heavy atom. The summed E-state index contributed by atoms with van der Waals surface area (Å²) in [7, 11) is 0. The number of hydrogen-bond donors (Lipinski definition) is 2. The minimum absolute atomic E-state index is 0. The molecule has 1 aliphatic carbocycles. The predicted molar refractivity (Wildman–Crippen MR) is 82.9 cm³/mol. The van der Waals surface area contributed by atoms with E-state index in [9.17, 15) is 4.79 Å². The summed E-state index contributed by atoms with van der Waals surface area (Å²) in [6.45, 7) is 9.71. The van der Waals surface area contributed by atoms with Crippen LogP contribution in [-0.2, 0) is 9.53 Å². The molecule has 4 nitrogen and oxygen atoms in total. The van der Waals surface area contributed by atoms with E-state index in [0.717, 1.165) is 25.9 Å². The fraction of sp³-hybridized carbons (Fsp3) is 0.933. The summed E-state index contributed by atoms with van der Waals surface area (Å²) in [6.07, 6.45) is 2.97. The highest BCUT2D eigenvalue weighted by Gasteiger charge is 2.60. The van der Waals surface area contributed by atoms with Crippen LogP contribution in [0.25, 0.3) is 0 Å². The number of ether oxygens (including phenoxy) is 1. The van der Waals surface area contributed by atoms with Gasteiger partial charge < -0.3 is 15.8 Å². The number of rotatable bonds is 5. The summed E-state index contributed by atoms with van der Waals surface area (Å²) >= 11 is 0. The topological polar surface area (TPSA) is 64.4 Å². The Kier molecular flexibility index (Phi) is 5.50. The molecule has 1 aliphatic heterocycles. The highest BCUT2D eigenvalue weighted by atomic mass is 35.5. The van der Waals surface area contributed by atoms with Crippen molar-refractivity contribution in [3.8, 4) is 0 Å². The van der Waals surface area contributed by atoms with Gasteiger partial charge in [-0.05, 0) is 19.3 Å². The first-order valence-electron chi connectivity index (χ1n) is 7.55. The molecule has 2 fully saturated rings. The third-order valence-electron chi connectivity index (χ3n) is 5.61. The molecule has 1 saturated carbocycles. The third-order valence-corrected chi connectivity index (χ3v) is 5.61. The molecule has 20 heavy (non-hydrogen) atoms. The maximum Gasteiger partial charge on any atom is 0.227 e. The Morgan fingerprint density at radius 2 is 2.00 bits per heavy atom. The number of carbonyl (C=O) groups is 1. The molecule has 5 heteroatoms. The van der Waals surface area contributed by atoms with Gasteiger partial charge in [-0.25, -0.2) is 0 Å². The summed E-state index contributed by atoms with van der Waals surface area (Å²) in [5, 5.41) is 3.27. The lowest BCUT2D eigenvalue weighted by molar-refractivity contribution is -0.146. The van der Waals surface area contributed by atoms with Crippen molar-refractivity contribution in [1.82, 2.24) is 5.32 Å². The van der Waals surface area contributed by atoms with Crippen LogP contribution in [0.4, 0.5) is 0 Å². The Bertz CT molecular complexity index is 348. The van der Waals surface area contributed by atoms with Gasteiger partial charge in [-0.1, -0.05) is 27.7 Å². The molecule has 2 rings (SSSR count). The molecular weight excluding hydrogens is 276 g/mol. The first-order chi connectivity index (χ1) is 8.93. The quantitative estimate of drug-likeness (QED) is 0.817. The normalized spacial score (nSPS) is 30.9. The van der Waals surface area contributed by atoms with Gasteiger partial charge in [0.25, 0.3) is 0 Å². The number of carbonyl (C=O) groups excluding carboxylic acids is 1. The minimum atomic E-state index is -0.402. The molecule has 0 bridgehead atoms. The molecule has 3 atom stereocenters. The molecule has 0 aromatic rings. The van der Waals surface area contributed by atoms with E-state index in [1.165, 1.54) is 0 Å². The van der Waals surface area contributed by atoms with Crippen LogP contribution in [0.1, 0.15) is 47.0 Å². The summed E-state index contributed by atoms with van der Waals surface area (Å²) in [5.74, 6) is 0.617. The van der Waals surface area contributed by atoms with E-state index in [1.807, 2.05) is 13.8 Å². The third kappa shape index (κ3) is 2.46. The molecule has 1 heterocycles. The largest absolute Gasteiger partial charge is 0.377 e. The second-order valence-corrected chi connectivity index (χ2v) is 6.71. The van der Waals surface area contributed by atoms with Crippen molar-refractivity contribution < 1.29 is 9.53 Å². The molecule has 0 aromatic carbocycles. The number of fused-ring (bicyclic) bond motifs is 1. The minimum Gasteiger partial charge on any atom is -0.377 e. The first-order valence-corrected chi connectivity index (χ1v) is 7.55. The Labute approximate surface area is 128 Å². The lowest BCUT2D eigenvalue weighted by Gasteiger charge is -2.55. The van der Waals surface area contributed by atoms with Crippen molar-refractivity contribution in [2.24, 2.45) is 22.5 Å². The van der Waals surface area contributed by atoms with E-state index in [2.05, 4.69) is 19.2 Å². The van der Waals surface area contributed by atoms with Crippen LogP contribution in [0.3, 0.4) is 0 Å². The smallest absolute Gasteiger partial charge is 0.227 e. The molecule has 0 radical (unpaired) electrons. The maximum absolute atomic E-state index is 12.6. The van der Waals surface area contributed by atoms with Gasteiger partial charge in [-0.2, -0.15) is 0 Å². The average molecular weight is 305 g/mol. The number of hydrogen-bond acceptors (Lipinski definition) is 3. The Balaban J connectivity index is 0.00000200. The van der Waals surface area contributed by atoms with Crippen LogP contribution in [0.15, 0.2) is 0 Å². The highest BCUT2D eigenvalue weighted by molar-refractivity contribution is 5.85. The molecule has 3 N–H and O–H groups in total. The van der Waals surface area contributed by atoms with Crippen molar-refractivity contribution in [2.45, 2.75) is 59.1 Å². The zero-order valence-corrected chi connectivity index (χ0v) is 13.9. The molecule has 0 aromatic heterocycles. The van der Waals surface area contributed by atoms with Crippen LogP contribution in [0.2, 0.25) is 0 Å². The molecular formula is C15H29ClN2O2. The monoisotopic (exact) mass is 304 g/mol. The molecule has 3 unspecified atom stereocenters. The Hall–Kier alpha value is -0.320. The second-order valence-electron chi connectivity index (χ2n) is 6.71. The van der Waals surface area contributed by atoms with Crippen LogP contribution in [0, 0.1) is 16.7 Å². The fourth-order valence-electron chi connectivity index (χ4n) is 3.86. The first kappa shape index (κ1) is 17.7. The van der Waals surface area contributed by atoms with Crippen molar-refractivity contribution in [3.63, 3.8) is 0 Å². The summed E-state index contributed by atoms with van der Waals surface area (Å²) in [5.41, 5.74) is 5.49. The number of halogens is 1. The number of nitrogens with two attached hydrogens (primary N) is 1. The van der Waals surface area contributed by atoms with E-state index in [0.29, 0.717) is 18.6 Å². The number of amides is 1. The van der Waals surface area contributed by atoms with Gasteiger partial charge in [0.15, 0.2) is 0 Å². The maximum atomic E-state index is 12.6. The lowest BCUT2D eigenvalue weighted by Crippen LogP contribution is -2.68. The van der Waals surface area contributed by atoms with Gasteiger partial charge in [0.05, 0.1) is 11.5 Å². The summed E-state index contributed by atoms with van der Waals surface area (Å²) < 4.78 is 5.77. The van der Waals surface area contributed by atoms with Crippen molar-refractivity contribution >= 4 is 18.3 Å². The predicted octanol–water partition coefficient (Wildman–Crippen LogP) is 2.10. The van der Waals surface area contributed by atoms with Crippen molar-refractivity contribution in [3.05, 3.63) is 0 Å². The van der Waals surface area contributed by atoms with Gasteiger partial charge in [0.1, 0.15) is 0 Å². The summed E-state index contributed by atoms with van der Waals surface area (Å²) in [4.78, 5) is 12.6.